The fraction of sp³-hybridized carbons (Fsp3) is 0.412. The second-order valence-corrected chi connectivity index (χ2v) is 6.10. The molecule has 1 aliphatic heterocycles. The predicted molar refractivity (Wildman–Crippen MR) is 86.3 cm³/mol. The Morgan fingerprint density at radius 2 is 2.19 bits per heavy atom. The zero-order valence-electron chi connectivity index (χ0n) is 12.3. The fourth-order valence-electron chi connectivity index (χ4n) is 2.65. The quantitative estimate of drug-likeness (QED) is 0.756. The summed E-state index contributed by atoms with van der Waals surface area (Å²) in [6.07, 6.45) is 3.63. The van der Waals surface area contributed by atoms with Gasteiger partial charge in [0, 0.05) is 15.0 Å². The molecular formula is C17H20O3S. The Morgan fingerprint density at radius 3 is 2.90 bits per heavy atom. The average Bonchev–Trinajstić information content (AvgIpc) is 3.13. The van der Waals surface area contributed by atoms with Crippen LogP contribution in [-0.2, 0) is 22.3 Å². The molecule has 3 nitrogen and oxygen atoms in total. The van der Waals surface area contributed by atoms with Crippen LogP contribution in [-0.4, -0.2) is 26.1 Å². The minimum absolute atomic E-state index is 0.243. The molecule has 0 saturated carbocycles. The van der Waals surface area contributed by atoms with E-state index in [0.29, 0.717) is 19.8 Å². The first-order chi connectivity index (χ1) is 10.3. The summed E-state index contributed by atoms with van der Waals surface area (Å²) < 4.78 is 18.1. The van der Waals surface area contributed by atoms with Crippen molar-refractivity contribution in [2.45, 2.75) is 26.1 Å². The Morgan fingerprint density at radius 1 is 1.38 bits per heavy atom. The molecule has 1 aliphatic rings. The van der Waals surface area contributed by atoms with E-state index in [1.54, 1.807) is 0 Å². The van der Waals surface area contributed by atoms with Gasteiger partial charge in [-0.15, -0.1) is 17.9 Å². The molecule has 4 heteroatoms. The van der Waals surface area contributed by atoms with Crippen LogP contribution in [0.4, 0.5) is 0 Å². The zero-order chi connectivity index (χ0) is 14.7. The van der Waals surface area contributed by atoms with Crippen molar-refractivity contribution in [1.29, 1.82) is 0 Å². The summed E-state index contributed by atoms with van der Waals surface area (Å²) >= 11 is 1.85. The molecule has 3 rings (SSSR count). The molecule has 0 bridgehead atoms. The highest BCUT2D eigenvalue weighted by Gasteiger charge is 2.19. The number of ether oxygens (including phenoxy) is 3. The lowest BCUT2D eigenvalue weighted by molar-refractivity contribution is -0.0681. The lowest BCUT2D eigenvalue weighted by Crippen LogP contribution is -2.18. The highest BCUT2D eigenvalue weighted by molar-refractivity contribution is 7.19. The Labute approximate surface area is 129 Å². The minimum atomic E-state index is -0.243. The molecule has 0 spiro atoms. The first-order valence-electron chi connectivity index (χ1n) is 7.33. The molecule has 0 unspecified atom stereocenters. The second kappa shape index (κ2) is 6.60. The van der Waals surface area contributed by atoms with Gasteiger partial charge in [0.15, 0.2) is 6.29 Å². The van der Waals surface area contributed by atoms with E-state index in [-0.39, 0.29) is 6.29 Å². The van der Waals surface area contributed by atoms with Crippen LogP contribution >= 0.6 is 11.3 Å². The summed E-state index contributed by atoms with van der Waals surface area (Å²) in [4.78, 5) is 1.41. The Kier molecular flexibility index (Phi) is 4.58. The number of benzene rings is 1. The van der Waals surface area contributed by atoms with E-state index in [0.717, 1.165) is 18.6 Å². The number of hydrogen-bond acceptors (Lipinski definition) is 4. The maximum absolute atomic E-state index is 5.97. The third-order valence-electron chi connectivity index (χ3n) is 3.59. The number of fused-ring (bicyclic) bond motifs is 1. The molecule has 0 amide bonds. The van der Waals surface area contributed by atoms with Crippen LogP contribution < -0.4 is 4.74 Å². The van der Waals surface area contributed by atoms with Gasteiger partial charge in [-0.05, 0) is 30.5 Å². The second-order valence-electron chi connectivity index (χ2n) is 4.96. The van der Waals surface area contributed by atoms with Crippen molar-refractivity contribution >= 4 is 21.4 Å². The maximum atomic E-state index is 5.97. The highest BCUT2D eigenvalue weighted by atomic mass is 32.1. The van der Waals surface area contributed by atoms with E-state index in [1.807, 2.05) is 29.5 Å². The van der Waals surface area contributed by atoms with Gasteiger partial charge in [0.2, 0.25) is 0 Å². The standard InChI is InChI=1S/C17H20O3S/c1-3-6-12-14(4-2)21-15-8-5-7-13(17(12)15)20-11-16-18-9-10-19-16/h3,5,7-8,16H,1,4,6,9-11H2,2H3. The molecule has 0 aliphatic carbocycles. The Bertz CT molecular complexity index is 626. The van der Waals surface area contributed by atoms with E-state index in [4.69, 9.17) is 14.2 Å². The van der Waals surface area contributed by atoms with Crippen molar-refractivity contribution in [3.8, 4) is 5.75 Å². The summed E-state index contributed by atoms with van der Waals surface area (Å²) in [6, 6.07) is 6.22. The molecular weight excluding hydrogens is 284 g/mol. The lowest BCUT2D eigenvalue weighted by atomic mass is 10.1. The fourth-order valence-corrected chi connectivity index (χ4v) is 3.85. The van der Waals surface area contributed by atoms with Gasteiger partial charge >= 0.3 is 0 Å². The highest BCUT2D eigenvalue weighted by Crippen LogP contribution is 2.38. The molecule has 2 heterocycles. The molecule has 1 fully saturated rings. The SMILES string of the molecule is C=CCc1c(CC)sc2cccc(OCC3OCCO3)c12. The third-order valence-corrected chi connectivity index (χ3v) is 4.94. The average molecular weight is 304 g/mol. The van der Waals surface area contributed by atoms with Gasteiger partial charge in [0.05, 0.1) is 13.2 Å². The van der Waals surface area contributed by atoms with E-state index < -0.39 is 0 Å². The minimum Gasteiger partial charge on any atom is -0.488 e. The monoisotopic (exact) mass is 304 g/mol. The van der Waals surface area contributed by atoms with Crippen LogP contribution in [0.5, 0.6) is 5.75 Å². The molecule has 0 radical (unpaired) electrons. The number of rotatable bonds is 6. The van der Waals surface area contributed by atoms with Crippen LogP contribution in [0.3, 0.4) is 0 Å². The summed E-state index contributed by atoms with van der Waals surface area (Å²) in [5.41, 5.74) is 1.34. The lowest BCUT2D eigenvalue weighted by Gasteiger charge is -2.12. The smallest absolute Gasteiger partial charge is 0.191 e. The number of thiophene rings is 1. The van der Waals surface area contributed by atoms with Crippen molar-refractivity contribution in [2.75, 3.05) is 19.8 Å². The van der Waals surface area contributed by atoms with Crippen molar-refractivity contribution < 1.29 is 14.2 Å². The van der Waals surface area contributed by atoms with Crippen LogP contribution in [0, 0.1) is 0 Å². The van der Waals surface area contributed by atoms with Gasteiger partial charge in [0.1, 0.15) is 12.4 Å². The molecule has 2 aromatic rings. The van der Waals surface area contributed by atoms with Crippen LogP contribution in [0.15, 0.2) is 30.9 Å². The first-order valence-corrected chi connectivity index (χ1v) is 8.15. The Hall–Kier alpha value is -1.36. The third kappa shape index (κ3) is 2.98. The molecule has 1 aromatic carbocycles. The summed E-state index contributed by atoms with van der Waals surface area (Å²) in [7, 11) is 0. The van der Waals surface area contributed by atoms with Crippen LogP contribution in [0.25, 0.3) is 10.1 Å². The summed E-state index contributed by atoms with van der Waals surface area (Å²) in [5, 5.41) is 1.22. The molecule has 1 aromatic heterocycles. The topological polar surface area (TPSA) is 27.7 Å². The van der Waals surface area contributed by atoms with Crippen molar-refractivity contribution in [2.24, 2.45) is 0 Å². The van der Waals surface area contributed by atoms with Crippen LogP contribution in [0.2, 0.25) is 0 Å². The molecule has 1 saturated heterocycles. The van der Waals surface area contributed by atoms with Gasteiger partial charge < -0.3 is 14.2 Å². The van der Waals surface area contributed by atoms with Gasteiger partial charge in [-0.3, -0.25) is 0 Å². The predicted octanol–water partition coefficient (Wildman–Crippen LogP) is 3.94. The van der Waals surface area contributed by atoms with Crippen molar-refractivity contribution in [3.05, 3.63) is 41.3 Å². The summed E-state index contributed by atoms with van der Waals surface area (Å²) in [6.45, 7) is 7.81. The van der Waals surface area contributed by atoms with Gasteiger partial charge in [-0.2, -0.15) is 0 Å². The van der Waals surface area contributed by atoms with Gasteiger partial charge in [-0.1, -0.05) is 19.1 Å². The first kappa shape index (κ1) is 14.6. The van der Waals surface area contributed by atoms with Gasteiger partial charge in [0.25, 0.3) is 0 Å². The van der Waals surface area contributed by atoms with Crippen molar-refractivity contribution in [3.63, 3.8) is 0 Å². The Balaban J connectivity index is 1.92. The van der Waals surface area contributed by atoms with E-state index in [1.165, 1.54) is 20.5 Å². The zero-order valence-corrected chi connectivity index (χ0v) is 13.1. The summed E-state index contributed by atoms with van der Waals surface area (Å²) in [5.74, 6) is 0.916. The normalized spacial score (nSPS) is 15.7. The van der Waals surface area contributed by atoms with E-state index >= 15 is 0 Å². The van der Waals surface area contributed by atoms with Crippen molar-refractivity contribution in [1.82, 2.24) is 0 Å². The number of aryl methyl sites for hydroxylation is 1. The largest absolute Gasteiger partial charge is 0.488 e. The van der Waals surface area contributed by atoms with E-state index in [2.05, 4.69) is 19.6 Å². The molecule has 21 heavy (non-hydrogen) atoms. The molecule has 0 N–H and O–H groups in total. The van der Waals surface area contributed by atoms with E-state index in [9.17, 15) is 0 Å². The number of hydrogen-bond donors (Lipinski definition) is 0. The molecule has 0 atom stereocenters. The van der Waals surface area contributed by atoms with Gasteiger partial charge in [-0.25, -0.2) is 0 Å². The maximum Gasteiger partial charge on any atom is 0.191 e. The molecule has 112 valence electrons. The van der Waals surface area contributed by atoms with Crippen LogP contribution in [0.1, 0.15) is 17.4 Å². The number of allylic oxidation sites excluding steroid dienone is 1.